The van der Waals surface area contributed by atoms with Gasteiger partial charge in [0.1, 0.15) is 12.4 Å². The van der Waals surface area contributed by atoms with Gasteiger partial charge in [0.05, 0.1) is 0 Å². The second-order valence-corrected chi connectivity index (χ2v) is 7.24. The van der Waals surface area contributed by atoms with Crippen LogP contribution in [0.25, 0.3) is 0 Å². The molecular formula is C22H20N4O. The van der Waals surface area contributed by atoms with Gasteiger partial charge in [-0.25, -0.2) is 4.68 Å². The molecule has 3 aromatic rings. The van der Waals surface area contributed by atoms with Crippen molar-refractivity contribution in [2.24, 2.45) is 0 Å². The number of aryl methyl sites for hydroxylation is 1. The van der Waals surface area contributed by atoms with Crippen molar-refractivity contribution in [3.05, 3.63) is 88.9 Å². The largest absolute Gasteiger partial charge is 0.328 e. The fourth-order valence-electron chi connectivity index (χ4n) is 4.36. The quantitative estimate of drug-likeness (QED) is 0.754. The van der Waals surface area contributed by atoms with Gasteiger partial charge in [-0.1, -0.05) is 54.6 Å². The van der Waals surface area contributed by atoms with Gasteiger partial charge in [0.25, 0.3) is 0 Å². The van der Waals surface area contributed by atoms with Crippen molar-refractivity contribution in [1.82, 2.24) is 14.8 Å². The molecule has 1 aliphatic carbocycles. The van der Waals surface area contributed by atoms with Crippen molar-refractivity contribution >= 4 is 11.7 Å². The number of hydrogen-bond acceptors (Lipinski definition) is 4. The number of benzene rings is 2. The minimum absolute atomic E-state index is 0.187. The summed E-state index contributed by atoms with van der Waals surface area (Å²) < 4.78 is 1.82. The second kappa shape index (κ2) is 6.20. The van der Waals surface area contributed by atoms with Crippen molar-refractivity contribution < 1.29 is 4.79 Å². The van der Waals surface area contributed by atoms with Crippen LogP contribution >= 0.6 is 0 Å². The molecule has 2 aliphatic rings. The van der Waals surface area contributed by atoms with Crippen molar-refractivity contribution in [2.45, 2.75) is 31.7 Å². The first-order chi connectivity index (χ1) is 13.2. The summed E-state index contributed by atoms with van der Waals surface area (Å²) in [6.07, 6.45) is 2.88. The highest BCUT2D eigenvalue weighted by Gasteiger charge is 2.39. The van der Waals surface area contributed by atoms with Gasteiger partial charge in [-0.3, -0.25) is 4.79 Å². The van der Waals surface area contributed by atoms with Crippen LogP contribution in [0.2, 0.25) is 0 Å². The Bertz CT molecular complexity index is 1050. The Kier molecular flexibility index (Phi) is 3.67. The summed E-state index contributed by atoms with van der Waals surface area (Å²) >= 11 is 0. The zero-order valence-electron chi connectivity index (χ0n) is 15.1. The summed E-state index contributed by atoms with van der Waals surface area (Å²) in [5.41, 5.74) is 5.35. The van der Waals surface area contributed by atoms with Crippen LogP contribution in [0.1, 0.15) is 41.5 Å². The van der Waals surface area contributed by atoms with Gasteiger partial charge in [0.2, 0.25) is 5.95 Å². The van der Waals surface area contributed by atoms with E-state index in [0.717, 1.165) is 23.3 Å². The highest BCUT2D eigenvalue weighted by atomic mass is 16.1. The SMILES string of the molecule is Cc1ccccc1[C@H]1CC(=O)C2=C(C1)Nc1ncnn1[C@@H]2c1ccccc1. The van der Waals surface area contributed by atoms with E-state index in [2.05, 4.69) is 40.5 Å². The molecule has 0 amide bonds. The number of nitrogens with zero attached hydrogens (tertiary/aromatic N) is 3. The van der Waals surface area contributed by atoms with Crippen LogP contribution in [0.15, 0.2) is 72.2 Å². The molecule has 0 saturated heterocycles. The number of nitrogens with one attached hydrogen (secondary N) is 1. The average molecular weight is 356 g/mol. The molecule has 0 radical (unpaired) electrons. The Hall–Kier alpha value is -3.21. The van der Waals surface area contributed by atoms with E-state index in [-0.39, 0.29) is 17.7 Å². The highest BCUT2D eigenvalue weighted by Crippen LogP contribution is 2.44. The monoisotopic (exact) mass is 356 g/mol. The molecular weight excluding hydrogens is 336 g/mol. The van der Waals surface area contributed by atoms with E-state index in [4.69, 9.17) is 0 Å². The molecule has 27 heavy (non-hydrogen) atoms. The number of rotatable bonds is 2. The summed E-state index contributed by atoms with van der Waals surface area (Å²) in [5.74, 6) is 1.07. The van der Waals surface area contributed by atoms with Gasteiger partial charge < -0.3 is 5.32 Å². The summed E-state index contributed by atoms with van der Waals surface area (Å²) in [4.78, 5) is 17.6. The van der Waals surface area contributed by atoms with Crippen molar-refractivity contribution in [2.75, 3.05) is 5.32 Å². The second-order valence-electron chi connectivity index (χ2n) is 7.24. The van der Waals surface area contributed by atoms with E-state index in [1.807, 2.05) is 41.1 Å². The lowest BCUT2D eigenvalue weighted by atomic mass is 9.77. The maximum Gasteiger partial charge on any atom is 0.226 e. The fourth-order valence-corrected chi connectivity index (χ4v) is 4.36. The van der Waals surface area contributed by atoms with E-state index >= 15 is 0 Å². The van der Waals surface area contributed by atoms with Gasteiger partial charge >= 0.3 is 0 Å². The first-order valence-corrected chi connectivity index (χ1v) is 9.25. The van der Waals surface area contributed by atoms with Crippen LogP contribution in [-0.2, 0) is 4.79 Å². The number of anilines is 1. The number of hydrogen-bond donors (Lipinski definition) is 1. The number of fused-ring (bicyclic) bond motifs is 1. The van der Waals surface area contributed by atoms with Crippen LogP contribution in [0.3, 0.4) is 0 Å². The lowest BCUT2D eigenvalue weighted by Gasteiger charge is -2.35. The standard InChI is InChI=1S/C22H20N4O/c1-14-7-5-6-10-17(14)16-11-18-20(19(27)12-16)21(15-8-3-2-4-9-15)26-22(25-18)23-13-24-26/h2-10,13,16,21H,11-12H2,1H3,(H,23,24,25)/t16-,21-/m1/s1. The lowest BCUT2D eigenvalue weighted by Crippen LogP contribution is -2.33. The zero-order valence-corrected chi connectivity index (χ0v) is 15.1. The molecule has 5 heteroatoms. The van der Waals surface area contributed by atoms with Crippen molar-refractivity contribution in [1.29, 1.82) is 0 Å². The van der Waals surface area contributed by atoms with Crippen molar-refractivity contribution in [3.63, 3.8) is 0 Å². The van der Waals surface area contributed by atoms with E-state index in [9.17, 15) is 4.79 Å². The molecule has 134 valence electrons. The first kappa shape index (κ1) is 16.0. The van der Waals surface area contributed by atoms with E-state index in [0.29, 0.717) is 12.4 Å². The van der Waals surface area contributed by atoms with Gasteiger partial charge in [-0.2, -0.15) is 10.1 Å². The van der Waals surface area contributed by atoms with Crippen LogP contribution in [-0.4, -0.2) is 20.5 Å². The third-order valence-corrected chi connectivity index (χ3v) is 5.61. The minimum atomic E-state index is -0.217. The number of allylic oxidation sites excluding steroid dienone is 2. The Labute approximate surface area is 157 Å². The molecule has 0 spiro atoms. The number of ketones is 1. The number of carbonyl (C=O) groups is 1. The highest BCUT2D eigenvalue weighted by molar-refractivity contribution is 6.00. The molecule has 0 unspecified atom stereocenters. The molecule has 0 bridgehead atoms. The van der Waals surface area contributed by atoms with Crippen molar-refractivity contribution in [3.8, 4) is 0 Å². The molecule has 0 saturated carbocycles. The van der Waals surface area contributed by atoms with Gasteiger partial charge in [-0.05, 0) is 36.0 Å². The third kappa shape index (κ3) is 2.58. The molecule has 5 rings (SSSR count). The Morgan fingerprint density at radius 2 is 1.81 bits per heavy atom. The predicted octanol–water partition coefficient (Wildman–Crippen LogP) is 4.00. The Morgan fingerprint density at radius 3 is 2.63 bits per heavy atom. The summed E-state index contributed by atoms with van der Waals surface area (Å²) in [6, 6.07) is 18.2. The summed E-state index contributed by atoms with van der Waals surface area (Å²) in [7, 11) is 0. The number of Topliss-reactive ketones (excluding diaryl/α,β-unsaturated/α-hetero) is 1. The maximum atomic E-state index is 13.3. The molecule has 2 atom stereocenters. The molecule has 1 aliphatic heterocycles. The summed E-state index contributed by atoms with van der Waals surface area (Å²) in [6.45, 7) is 2.11. The van der Waals surface area contributed by atoms with Crippen LogP contribution < -0.4 is 5.32 Å². The maximum absolute atomic E-state index is 13.3. The van der Waals surface area contributed by atoms with Crippen LogP contribution in [0.4, 0.5) is 5.95 Å². The smallest absolute Gasteiger partial charge is 0.226 e. The molecule has 2 heterocycles. The first-order valence-electron chi connectivity index (χ1n) is 9.25. The molecule has 1 N–H and O–H groups in total. The molecule has 2 aromatic carbocycles. The molecule has 0 fully saturated rings. The number of aromatic nitrogens is 3. The lowest BCUT2D eigenvalue weighted by molar-refractivity contribution is -0.116. The van der Waals surface area contributed by atoms with E-state index < -0.39 is 0 Å². The van der Waals surface area contributed by atoms with Gasteiger partial charge in [-0.15, -0.1) is 0 Å². The minimum Gasteiger partial charge on any atom is -0.328 e. The Morgan fingerprint density at radius 1 is 1.04 bits per heavy atom. The van der Waals surface area contributed by atoms with Gasteiger partial charge in [0.15, 0.2) is 5.78 Å². The van der Waals surface area contributed by atoms with Crippen LogP contribution in [0.5, 0.6) is 0 Å². The number of carbonyl (C=O) groups excluding carboxylic acids is 1. The predicted molar refractivity (Wildman–Crippen MR) is 103 cm³/mol. The zero-order chi connectivity index (χ0) is 18.4. The van der Waals surface area contributed by atoms with E-state index in [1.165, 1.54) is 11.1 Å². The topological polar surface area (TPSA) is 59.8 Å². The average Bonchev–Trinajstić information content (AvgIpc) is 3.15. The Balaban J connectivity index is 1.61. The summed E-state index contributed by atoms with van der Waals surface area (Å²) in [5, 5.41) is 7.76. The third-order valence-electron chi connectivity index (χ3n) is 5.61. The van der Waals surface area contributed by atoms with E-state index in [1.54, 1.807) is 6.33 Å². The van der Waals surface area contributed by atoms with Gasteiger partial charge in [0, 0.05) is 17.7 Å². The molecule has 5 nitrogen and oxygen atoms in total. The van der Waals surface area contributed by atoms with Crippen LogP contribution in [0, 0.1) is 6.92 Å². The fraction of sp³-hybridized carbons (Fsp3) is 0.227. The normalized spacial score (nSPS) is 21.4. The molecule has 1 aromatic heterocycles.